The normalized spacial score (nSPS) is 44.3. The van der Waals surface area contributed by atoms with Gasteiger partial charge in [0.15, 0.2) is 6.29 Å². The van der Waals surface area contributed by atoms with Gasteiger partial charge in [-0.1, -0.05) is 0 Å². The molecule has 2 bridgehead atoms. The molecule has 12 heavy (non-hydrogen) atoms. The molecule has 0 N–H and O–H groups in total. The van der Waals surface area contributed by atoms with Gasteiger partial charge in [0.1, 0.15) is 5.60 Å². The van der Waals surface area contributed by atoms with Crippen molar-refractivity contribution in [1.82, 2.24) is 0 Å². The Morgan fingerprint density at radius 1 is 1.33 bits per heavy atom. The van der Waals surface area contributed by atoms with E-state index in [0.29, 0.717) is 5.92 Å². The molecule has 0 amide bonds. The Morgan fingerprint density at radius 3 is 2.25 bits per heavy atom. The van der Waals surface area contributed by atoms with Crippen LogP contribution >= 0.6 is 0 Å². The van der Waals surface area contributed by atoms with Crippen molar-refractivity contribution in [2.75, 3.05) is 0 Å². The molecule has 2 heterocycles. The topological polar surface area (TPSA) is 26.3 Å². The van der Waals surface area contributed by atoms with Crippen molar-refractivity contribution in [1.29, 1.82) is 0 Å². The van der Waals surface area contributed by atoms with Gasteiger partial charge in [-0.25, -0.2) is 0 Å². The van der Waals surface area contributed by atoms with Crippen molar-refractivity contribution in [3.8, 4) is 0 Å². The van der Waals surface area contributed by atoms with Gasteiger partial charge in [-0.05, 0) is 45.4 Å². The minimum atomic E-state index is -0.418. The summed E-state index contributed by atoms with van der Waals surface area (Å²) in [6.07, 6.45) is 5.21. The molecule has 3 rings (SSSR count). The molecule has 1 aliphatic carbocycles. The molecule has 2 saturated heterocycles. The van der Waals surface area contributed by atoms with Crippen LogP contribution in [-0.4, -0.2) is 17.5 Å². The minimum Gasteiger partial charge on any atom is -0.361 e. The number of aldehydes is 1. The number of hydrogen-bond donors (Lipinski definition) is 0. The van der Waals surface area contributed by atoms with Crippen LogP contribution < -0.4 is 0 Å². The van der Waals surface area contributed by atoms with Gasteiger partial charge >= 0.3 is 0 Å². The third-order valence-electron chi connectivity index (χ3n) is 3.50. The lowest BCUT2D eigenvalue weighted by molar-refractivity contribution is -0.224. The first-order valence-electron chi connectivity index (χ1n) is 4.74. The first-order valence-corrected chi connectivity index (χ1v) is 4.74. The number of hydrogen-bond acceptors (Lipinski definition) is 2. The van der Waals surface area contributed by atoms with Crippen molar-refractivity contribution in [2.45, 2.75) is 50.7 Å². The first-order chi connectivity index (χ1) is 5.58. The van der Waals surface area contributed by atoms with Gasteiger partial charge < -0.3 is 9.53 Å². The number of carbonyl (C=O) groups is 1. The molecule has 0 unspecified atom stereocenters. The van der Waals surface area contributed by atoms with Crippen molar-refractivity contribution in [3.63, 3.8) is 0 Å². The fraction of sp³-hybridized carbons (Fsp3) is 0.900. The number of ether oxygens (including phenoxy) is 1. The maximum absolute atomic E-state index is 10.9. The Morgan fingerprint density at radius 2 is 1.92 bits per heavy atom. The zero-order chi connectivity index (χ0) is 8.82. The molecule has 1 saturated carbocycles. The van der Waals surface area contributed by atoms with Crippen molar-refractivity contribution < 1.29 is 9.53 Å². The van der Waals surface area contributed by atoms with Gasteiger partial charge in [0.25, 0.3) is 0 Å². The summed E-state index contributed by atoms with van der Waals surface area (Å²) in [4.78, 5) is 10.9. The lowest BCUT2D eigenvalue weighted by Gasteiger charge is -2.52. The van der Waals surface area contributed by atoms with Crippen LogP contribution in [0.5, 0.6) is 0 Å². The smallest absolute Gasteiger partial charge is 0.151 e. The van der Waals surface area contributed by atoms with E-state index >= 15 is 0 Å². The second-order valence-corrected chi connectivity index (χ2v) is 4.66. The predicted molar refractivity (Wildman–Crippen MR) is 45.9 cm³/mol. The number of carbonyl (C=O) groups excluding carboxylic acids is 1. The largest absolute Gasteiger partial charge is 0.361 e. The molecule has 3 fully saturated rings. The zero-order valence-electron chi connectivity index (χ0n) is 7.80. The molecule has 0 spiro atoms. The summed E-state index contributed by atoms with van der Waals surface area (Å²) in [7, 11) is 0. The molecule has 68 valence electrons. The van der Waals surface area contributed by atoms with Gasteiger partial charge in [0.05, 0.1) is 5.60 Å². The predicted octanol–water partition coefficient (Wildman–Crippen LogP) is 1.92. The zero-order valence-corrected chi connectivity index (χ0v) is 7.80. The number of fused-ring (bicyclic) bond motifs is 3. The maximum Gasteiger partial charge on any atom is 0.151 e. The van der Waals surface area contributed by atoms with Gasteiger partial charge in [-0.3, -0.25) is 0 Å². The third-order valence-corrected chi connectivity index (χ3v) is 3.50. The summed E-state index contributed by atoms with van der Waals surface area (Å²) in [6, 6.07) is 0. The van der Waals surface area contributed by atoms with Gasteiger partial charge in [-0.15, -0.1) is 0 Å². The average Bonchev–Trinajstić information content (AvgIpc) is 2.04. The van der Waals surface area contributed by atoms with E-state index in [9.17, 15) is 4.79 Å². The summed E-state index contributed by atoms with van der Waals surface area (Å²) in [6.45, 7) is 4.21. The fourth-order valence-electron chi connectivity index (χ4n) is 2.65. The highest BCUT2D eigenvalue weighted by Crippen LogP contribution is 2.48. The molecule has 0 aromatic carbocycles. The van der Waals surface area contributed by atoms with Crippen molar-refractivity contribution in [3.05, 3.63) is 0 Å². The van der Waals surface area contributed by atoms with Crippen LogP contribution in [0.1, 0.15) is 39.5 Å². The van der Waals surface area contributed by atoms with Gasteiger partial charge in [0, 0.05) is 0 Å². The van der Waals surface area contributed by atoms with Gasteiger partial charge in [0.2, 0.25) is 0 Å². The van der Waals surface area contributed by atoms with Crippen LogP contribution in [0.4, 0.5) is 0 Å². The SMILES string of the molecule is CC1(C)OC2(C=O)CCC1CC2. The van der Waals surface area contributed by atoms with Crippen LogP contribution in [0.15, 0.2) is 0 Å². The summed E-state index contributed by atoms with van der Waals surface area (Å²) in [5.41, 5.74) is -0.490. The summed E-state index contributed by atoms with van der Waals surface area (Å²) in [5, 5.41) is 0. The molecule has 3 aliphatic rings. The highest BCUT2D eigenvalue weighted by atomic mass is 16.5. The summed E-state index contributed by atoms with van der Waals surface area (Å²) < 4.78 is 5.84. The van der Waals surface area contributed by atoms with E-state index in [0.717, 1.165) is 32.0 Å². The minimum absolute atomic E-state index is 0.0720. The maximum atomic E-state index is 10.9. The van der Waals surface area contributed by atoms with Crippen LogP contribution in [0.25, 0.3) is 0 Å². The van der Waals surface area contributed by atoms with E-state index in [2.05, 4.69) is 13.8 Å². The Balaban J connectivity index is 2.26. The summed E-state index contributed by atoms with van der Waals surface area (Å²) >= 11 is 0. The molecule has 2 heteroatoms. The second-order valence-electron chi connectivity index (χ2n) is 4.66. The number of rotatable bonds is 1. The van der Waals surface area contributed by atoms with Crippen LogP contribution in [0, 0.1) is 5.92 Å². The van der Waals surface area contributed by atoms with E-state index in [1.807, 2.05) is 0 Å². The van der Waals surface area contributed by atoms with Crippen molar-refractivity contribution >= 4 is 6.29 Å². The monoisotopic (exact) mass is 168 g/mol. The Hall–Kier alpha value is -0.370. The van der Waals surface area contributed by atoms with Crippen LogP contribution in [0.3, 0.4) is 0 Å². The molecule has 0 atom stereocenters. The Kier molecular flexibility index (Phi) is 1.59. The molecule has 0 aromatic rings. The Labute approximate surface area is 73.3 Å². The molecular formula is C10H16O2. The highest BCUT2D eigenvalue weighted by molar-refractivity contribution is 5.63. The highest BCUT2D eigenvalue weighted by Gasteiger charge is 2.50. The summed E-state index contributed by atoms with van der Waals surface area (Å²) in [5.74, 6) is 0.666. The quantitative estimate of drug-likeness (QED) is 0.559. The van der Waals surface area contributed by atoms with E-state index in [1.165, 1.54) is 0 Å². The molecule has 2 nitrogen and oxygen atoms in total. The lowest BCUT2D eigenvalue weighted by Crippen LogP contribution is -2.56. The molecule has 0 aromatic heterocycles. The van der Waals surface area contributed by atoms with Crippen LogP contribution in [0.2, 0.25) is 0 Å². The molecular weight excluding hydrogens is 152 g/mol. The second kappa shape index (κ2) is 2.32. The standard InChI is InChI=1S/C10H16O2/c1-9(2)8-3-5-10(7-11,12-9)6-4-8/h7-8H,3-6H2,1-2H3. The van der Waals surface area contributed by atoms with E-state index in [-0.39, 0.29) is 5.60 Å². The lowest BCUT2D eigenvalue weighted by atomic mass is 9.69. The Bertz CT molecular complexity index is 200. The third kappa shape index (κ3) is 1.01. The fourth-order valence-corrected chi connectivity index (χ4v) is 2.65. The molecule has 0 radical (unpaired) electrons. The first kappa shape index (κ1) is 8.24. The average molecular weight is 168 g/mol. The van der Waals surface area contributed by atoms with Gasteiger partial charge in [-0.2, -0.15) is 0 Å². The van der Waals surface area contributed by atoms with E-state index in [1.54, 1.807) is 0 Å². The van der Waals surface area contributed by atoms with Crippen LogP contribution in [-0.2, 0) is 9.53 Å². The van der Waals surface area contributed by atoms with Crippen molar-refractivity contribution in [2.24, 2.45) is 5.92 Å². The van der Waals surface area contributed by atoms with E-state index < -0.39 is 5.60 Å². The van der Waals surface area contributed by atoms with E-state index in [4.69, 9.17) is 4.74 Å². The molecule has 2 aliphatic heterocycles.